The fraction of sp³-hybridized carbons (Fsp3) is 0.167. The first kappa shape index (κ1) is 10.8. The lowest BCUT2D eigenvalue weighted by Crippen LogP contribution is -1.94. The smallest absolute Gasteiger partial charge is 0.195 e. The summed E-state index contributed by atoms with van der Waals surface area (Å²) in [6.07, 6.45) is 3.38. The Kier molecular flexibility index (Phi) is 3.01. The van der Waals surface area contributed by atoms with Crippen LogP contribution in [-0.2, 0) is 7.05 Å². The van der Waals surface area contributed by atoms with Crippen molar-refractivity contribution in [2.24, 2.45) is 7.05 Å². The second-order valence-corrected chi connectivity index (χ2v) is 4.46. The van der Waals surface area contributed by atoms with Gasteiger partial charge in [-0.05, 0) is 36.6 Å². The van der Waals surface area contributed by atoms with Crippen LogP contribution in [0.4, 0.5) is 0 Å². The van der Waals surface area contributed by atoms with E-state index in [9.17, 15) is 4.79 Å². The maximum absolute atomic E-state index is 11.7. The van der Waals surface area contributed by atoms with Crippen molar-refractivity contribution in [3.8, 4) is 0 Å². The summed E-state index contributed by atoms with van der Waals surface area (Å²) in [5, 5.41) is 6.11. The van der Waals surface area contributed by atoms with Crippen LogP contribution < -0.4 is 0 Å². The van der Waals surface area contributed by atoms with Gasteiger partial charge in [0.05, 0.1) is 16.3 Å². The first-order chi connectivity index (χ1) is 7.66. The second-order valence-electron chi connectivity index (χ2n) is 3.51. The average molecular weight is 232 g/mol. The normalized spacial score (nSPS) is 11.1. The molecule has 0 spiro atoms. The van der Waals surface area contributed by atoms with Gasteiger partial charge in [-0.25, -0.2) is 0 Å². The Balaban J connectivity index is 2.16. The first-order valence-corrected chi connectivity index (χ1v) is 5.81. The fourth-order valence-electron chi connectivity index (χ4n) is 1.45. The topological polar surface area (TPSA) is 34.9 Å². The summed E-state index contributed by atoms with van der Waals surface area (Å²) in [5.74, 6) is 0.0360. The number of hydrogen-bond donors (Lipinski definition) is 0. The molecule has 2 aromatic heterocycles. The highest BCUT2D eigenvalue weighted by atomic mass is 32.1. The predicted octanol–water partition coefficient (Wildman–Crippen LogP) is 2.69. The highest BCUT2D eigenvalue weighted by Gasteiger charge is 2.03. The zero-order valence-corrected chi connectivity index (χ0v) is 9.99. The molecule has 0 radical (unpaired) electrons. The molecule has 82 valence electrons. The molecule has 0 aromatic carbocycles. The molecular weight excluding hydrogens is 220 g/mol. The second kappa shape index (κ2) is 4.45. The fourth-order valence-corrected chi connectivity index (χ4v) is 2.09. The van der Waals surface area contributed by atoms with Crippen molar-refractivity contribution in [1.82, 2.24) is 9.78 Å². The summed E-state index contributed by atoms with van der Waals surface area (Å²) in [6, 6.07) is 5.64. The lowest BCUT2D eigenvalue weighted by molar-refractivity contribution is 0.105. The molecule has 0 bridgehead atoms. The third-order valence-electron chi connectivity index (χ3n) is 2.21. The Hall–Kier alpha value is -1.68. The van der Waals surface area contributed by atoms with Crippen LogP contribution in [0.2, 0.25) is 0 Å². The van der Waals surface area contributed by atoms with Crippen molar-refractivity contribution in [1.29, 1.82) is 0 Å². The Morgan fingerprint density at radius 3 is 2.94 bits per heavy atom. The largest absolute Gasteiger partial charge is 0.288 e. The molecule has 0 unspecified atom stereocenters. The minimum Gasteiger partial charge on any atom is -0.288 e. The Morgan fingerprint density at radius 2 is 2.38 bits per heavy atom. The molecule has 3 nitrogen and oxygen atoms in total. The van der Waals surface area contributed by atoms with Crippen LogP contribution in [-0.4, -0.2) is 15.6 Å². The van der Waals surface area contributed by atoms with E-state index in [0.29, 0.717) is 0 Å². The van der Waals surface area contributed by atoms with Crippen molar-refractivity contribution in [3.05, 3.63) is 45.9 Å². The molecule has 0 atom stereocenters. The Bertz CT molecular complexity index is 523. The van der Waals surface area contributed by atoms with Crippen molar-refractivity contribution < 1.29 is 4.79 Å². The Morgan fingerprint density at radius 1 is 1.56 bits per heavy atom. The van der Waals surface area contributed by atoms with Crippen LogP contribution in [0.1, 0.15) is 21.1 Å². The minimum absolute atomic E-state index is 0.0360. The summed E-state index contributed by atoms with van der Waals surface area (Å²) >= 11 is 1.45. The molecule has 0 aliphatic rings. The monoisotopic (exact) mass is 232 g/mol. The van der Waals surface area contributed by atoms with Gasteiger partial charge in [-0.3, -0.25) is 9.48 Å². The molecular formula is C12H12N2OS. The summed E-state index contributed by atoms with van der Waals surface area (Å²) < 4.78 is 1.76. The molecule has 2 aromatic rings. The number of ketones is 1. The van der Waals surface area contributed by atoms with E-state index in [2.05, 4.69) is 5.10 Å². The summed E-state index contributed by atoms with van der Waals surface area (Å²) in [6.45, 7) is 1.93. The number of rotatable bonds is 3. The minimum atomic E-state index is 0.0360. The van der Waals surface area contributed by atoms with Crippen molar-refractivity contribution in [3.63, 3.8) is 0 Å². The SMILES string of the molecule is Cc1cc(/C=C/C(=O)c2cccs2)n(C)n1. The van der Waals surface area contributed by atoms with E-state index < -0.39 is 0 Å². The molecule has 2 rings (SSSR count). The molecule has 2 heterocycles. The van der Waals surface area contributed by atoms with Crippen LogP contribution in [0.5, 0.6) is 0 Å². The van der Waals surface area contributed by atoms with E-state index in [0.717, 1.165) is 16.3 Å². The molecule has 0 aliphatic carbocycles. The molecule has 0 fully saturated rings. The zero-order valence-electron chi connectivity index (χ0n) is 9.18. The van der Waals surface area contributed by atoms with Gasteiger partial charge in [0.25, 0.3) is 0 Å². The number of allylic oxidation sites excluding steroid dienone is 1. The molecule has 0 saturated heterocycles. The van der Waals surface area contributed by atoms with Gasteiger partial charge in [0.15, 0.2) is 5.78 Å². The number of nitrogens with zero attached hydrogens (tertiary/aromatic N) is 2. The maximum Gasteiger partial charge on any atom is 0.195 e. The number of carbonyl (C=O) groups is 1. The van der Waals surface area contributed by atoms with Gasteiger partial charge in [0.2, 0.25) is 0 Å². The van der Waals surface area contributed by atoms with E-state index in [1.807, 2.05) is 37.6 Å². The first-order valence-electron chi connectivity index (χ1n) is 4.93. The molecule has 4 heteroatoms. The van der Waals surface area contributed by atoms with Gasteiger partial charge >= 0.3 is 0 Å². The third-order valence-corrected chi connectivity index (χ3v) is 3.09. The van der Waals surface area contributed by atoms with Crippen LogP contribution in [0.15, 0.2) is 29.7 Å². The third kappa shape index (κ3) is 2.28. The Labute approximate surface area is 98.0 Å². The van der Waals surface area contributed by atoms with E-state index in [1.54, 1.807) is 16.8 Å². The number of hydrogen-bond acceptors (Lipinski definition) is 3. The summed E-state index contributed by atoms with van der Waals surface area (Å²) in [5.41, 5.74) is 1.88. The maximum atomic E-state index is 11.7. The van der Waals surface area contributed by atoms with E-state index in [1.165, 1.54) is 11.3 Å². The average Bonchev–Trinajstić information content (AvgIpc) is 2.84. The number of carbonyl (C=O) groups excluding carboxylic acids is 1. The van der Waals surface area contributed by atoms with Crippen molar-refractivity contribution in [2.45, 2.75) is 6.92 Å². The van der Waals surface area contributed by atoms with Gasteiger partial charge in [-0.1, -0.05) is 6.07 Å². The van der Waals surface area contributed by atoms with Crippen molar-refractivity contribution >= 4 is 23.2 Å². The summed E-state index contributed by atoms with van der Waals surface area (Å²) in [4.78, 5) is 12.5. The standard InChI is InChI=1S/C12H12N2OS/c1-9-8-10(14(2)13-9)5-6-11(15)12-4-3-7-16-12/h3-8H,1-2H3/b6-5+. The van der Waals surface area contributed by atoms with Gasteiger partial charge in [-0.15, -0.1) is 11.3 Å². The van der Waals surface area contributed by atoms with Crippen LogP contribution in [0.25, 0.3) is 6.08 Å². The quantitative estimate of drug-likeness (QED) is 0.602. The van der Waals surface area contributed by atoms with Crippen LogP contribution in [0.3, 0.4) is 0 Å². The van der Waals surface area contributed by atoms with Gasteiger partial charge in [-0.2, -0.15) is 5.10 Å². The van der Waals surface area contributed by atoms with Gasteiger partial charge < -0.3 is 0 Å². The summed E-state index contributed by atoms with van der Waals surface area (Å²) in [7, 11) is 1.86. The lowest BCUT2D eigenvalue weighted by atomic mass is 10.2. The lowest BCUT2D eigenvalue weighted by Gasteiger charge is -1.92. The van der Waals surface area contributed by atoms with Gasteiger partial charge in [0.1, 0.15) is 0 Å². The van der Waals surface area contributed by atoms with Crippen LogP contribution >= 0.6 is 11.3 Å². The predicted molar refractivity (Wildman–Crippen MR) is 65.6 cm³/mol. The van der Waals surface area contributed by atoms with Gasteiger partial charge in [0, 0.05) is 7.05 Å². The van der Waals surface area contributed by atoms with E-state index >= 15 is 0 Å². The zero-order chi connectivity index (χ0) is 11.5. The molecule has 16 heavy (non-hydrogen) atoms. The molecule has 0 saturated carbocycles. The molecule has 0 amide bonds. The van der Waals surface area contributed by atoms with Crippen LogP contribution in [0, 0.1) is 6.92 Å². The highest BCUT2D eigenvalue weighted by molar-refractivity contribution is 7.12. The number of thiophene rings is 1. The van der Waals surface area contributed by atoms with Crippen molar-refractivity contribution in [2.75, 3.05) is 0 Å². The number of aromatic nitrogens is 2. The number of aryl methyl sites for hydroxylation is 2. The van der Waals surface area contributed by atoms with E-state index in [4.69, 9.17) is 0 Å². The van der Waals surface area contributed by atoms with E-state index in [-0.39, 0.29) is 5.78 Å². The molecule has 0 N–H and O–H groups in total. The molecule has 0 aliphatic heterocycles. The highest BCUT2D eigenvalue weighted by Crippen LogP contribution is 2.11.